The van der Waals surface area contributed by atoms with Crippen LogP contribution in [0.15, 0.2) is 24.3 Å². The van der Waals surface area contributed by atoms with Gasteiger partial charge in [-0.15, -0.1) is 0 Å². The molecule has 0 saturated carbocycles. The maximum absolute atomic E-state index is 12.8. The maximum atomic E-state index is 12.8. The highest BCUT2D eigenvalue weighted by molar-refractivity contribution is 7.93. The minimum Gasteiger partial charge on any atom is -0.299 e. The van der Waals surface area contributed by atoms with Crippen molar-refractivity contribution in [2.75, 3.05) is 0 Å². The molecule has 2 fully saturated rings. The Hall–Kier alpha value is -1.23. The van der Waals surface area contributed by atoms with Crippen LogP contribution in [0.1, 0.15) is 31.2 Å². The number of hydrogen-bond acceptors (Lipinski definition) is 3. The van der Waals surface area contributed by atoms with Gasteiger partial charge in [-0.3, -0.25) is 4.79 Å². The van der Waals surface area contributed by atoms with Crippen molar-refractivity contribution in [1.29, 1.82) is 0 Å². The van der Waals surface area contributed by atoms with Crippen molar-refractivity contribution in [2.24, 2.45) is 5.92 Å². The molecule has 0 amide bonds. The SMILES string of the molecule is O=C(Cc1ccc(F)cc1)C1CC2CCC(C1)S2(=O)=O. The fourth-order valence-corrected chi connectivity index (χ4v) is 5.89. The Kier molecular flexibility index (Phi) is 3.40. The number of ketones is 1. The van der Waals surface area contributed by atoms with Crippen LogP contribution in [0.2, 0.25) is 0 Å². The molecule has 5 heteroatoms. The molecule has 0 spiro atoms. The highest BCUT2D eigenvalue weighted by Crippen LogP contribution is 2.41. The molecule has 0 aromatic heterocycles. The summed E-state index contributed by atoms with van der Waals surface area (Å²) in [6.45, 7) is 0. The lowest BCUT2D eigenvalue weighted by Crippen LogP contribution is -2.36. The van der Waals surface area contributed by atoms with Gasteiger partial charge in [0.15, 0.2) is 9.84 Å². The van der Waals surface area contributed by atoms with E-state index in [-0.39, 0.29) is 34.4 Å². The lowest BCUT2D eigenvalue weighted by atomic mass is 9.91. The van der Waals surface area contributed by atoms with Gasteiger partial charge in [0.05, 0.1) is 10.5 Å². The Morgan fingerprint density at radius 3 is 2.20 bits per heavy atom. The van der Waals surface area contributed by atoms with Crippen molar-refractivity contribution in [3.63, 3.8) is 0 Å². The van der Waals surface area contributed by atoms with Gasteiger partial charge in [-0.05, 0) is 43.4 Å². The predicted molar refractivity (Wildman–Crippen MR) is 73.6 cm³/mol. The summed E-state index contributed by atoms with van der Waals surface area (Å²) in [6, 6.07) is 5.91. The molecule has 3 nitrogen and oxygen atoms in total. The molecule has 0 N–H and O–H groups in total. The summed E-state index contributed by atoms with van der Waals surface area (Å²) < 4.78 is 36.8. The number of Topliss-reactive ketones (excluding diaryl/α,β-unsaturated/α-hetero) is 1. The first-order valence-corrected chi connectivity index (χ1v) is 8.57. The van der Waals surface area contributed by atoms with Gasteiger partial charge in [-0.1, -0.05) is 12.1 Å². The topological polar surface area (TPSA) is 51.2 Å². The average molecular weight is 296 g/mol. The molecule has 2 atom stereocenters. The van der Waals surface area contributed by atoms with Crippen LogP contribution in [0.3, 0.4) is 0 Å². The van der Waals surface area contributed by atoms with E-state index >= 15 is 0 Å². The molecule has 3 rings (SSSR count). The van der Waals surface area contributed by atoms with E-state index in [9.17, 15) is 17.6 Å². The van der Waals surface area contributed by atoms with E-state index in [1.807, 2.05) is 0 Å². The molecule has 2 unspecified atom stereocenters. The number of benzene rings is 1. The molecular weight excluding hydrogens is 279 g/mol. The zero-order chi connectivity index (χ0) is 14.3. The van der Waals surface area contributed by atoms with Crippen LogP contribution in [0.4, 0.5) is 4.39 Å². The molecule has 0 aliphatic carbocycles. The van der Waals surface area contributed by atoms with Crippen LogP contribution >= 0.6 is 0 Å². The summed E-state index contributed by atoms with van der Waals surface area (Å²) in [7, 11) is -2.98. The largest absolute Gasteiger partial charge is 0.299 e. The number of carbonyl (C=O) groups excluding carboxylic acids is 1. The van der Waals surface area contributed by atoms with Gasteiger partial charge in [0.1, 0.15) is 11.6 Å². The molecule has 2 bridgehead atoms. The Morgan fingerprint density at radius 1 is 1.10 bits per heavy atom. The smallest absolute Gasteiger partial charge is 0.156 e. The van der Waals surface area contributed by atoms with Gasteiger partial charge in [0.2, 0.25) is 0 Å². The van der Waals surface area contributed by atoms with E-state index in [2.05, 4.69) is 0 Å². The molecule has 0 radical (unpaired) electrons. The van der Waals surface area contributed by atoms with Crippen LogP contribution in [-0.2, 0) is 21.1 Å². The summed E-state index contributed by atoms with van der Waals surface area (Å²) in [5, 5.41) is -0.633. The number of carbonyl (C=O) groups is 1. The molecule has 2 aliphatic rings. The summed E-state index contributed by atoms with van der Waals surface area (Å²) in [5.74, 6) is -0.382. The zero-order valence-corrected chi connectivity index (χ0v) is 11.9. The number of hydrogen-bond donors (Lipinski definition) is 0. The van der Waals surface area contributed by atoms with Crippen molar-refractivity contribution < 1.29 is 17.6 Å². The van der Waals surface area contributed by atoms with E-state index in [1.165, 1.54) is 12.1 Å². The minimum atomic E-state index is -2.98. The average Bonchev–Trinajstić information content (AvgIpc) is 2.60. The van der Waals surface area contributed by atoms with Crippen LogP contribution in [-0.4, -0.2) is 24.7 Å². The molecule has 2 aliphatic heterocycles. The molecular formula is C15H17FO3S. The van der Waals surface area contributed by atoms with Gasteiger partial charge >= 0.3 is 0 Å². The van der Waals surface area contributed by atoms with Crippen LogP contribution in [0.25, 0.3) is 0 Å². The molecule has 2 saturated heterocycles. The second kappa shape index (κ2) is 4.95. The molecule has 2 heterocycles. The number of sulfone groups is 1. The summed E-state index contributed by atoms with van der Waals surface area (Å²) in [6.07, 6.45) is 2.61. The van der Waals surface area contributed by atoms with Gasteiger partial charge < -0.3 is 0 Å². The Bertz CT molecular complexity index is 601. The normalized spacial score (nSPS) is 31.1. The van der Waals surface area contributed by atoms with E-state index < -0.39 is 9.84 Å². The highest BCUT2D eigenvalue weighted by Gasteiger charge is 2.48. The first kappa shape index (κ1) is 13.7. The quantitative estimate of drug-likeness (QED) is 0.860. The van der Waals surface area contributed by atoms with E-state index in [1.54, 1.807) is 12.1 Å². The van der Waals surface area contributed by atoms with Gasteiger partial charge in [-0.25, -0.2) is 12.8 Å². The van der Waals surface area contributed by atoms with E-state index in [4.69, 9.17) is 0 Å². The molecule has 1 aromatic rings. The van der Waals surface area contributed by atoms with Gasteiger partial charge in [-0.2, -0.15) is 0 Å². The van der Waals surface area contributed by atoms with Crippen LogP contribution in [0.5, 0.6) is 0 Å². The Labute approximate surface area is 118 Å². The first-order chi connectivity index (χ1) is 9.46. The number of fused-ring (bicyclic) bond motifs is 2. The lowest BCUT2D eigenvalue weighted by molar-refractivity contribution is -0.122. The fraction of sp³-hybridized carbons (Fsp3) is 0.533. The summed E-state index contributed by atoms with van der Waals surface area (Å²) >= 11 is 0. The standard InChI is InChI=1S/C15H17FO3S/c16-12-3-1-10(2-4-12)7-15(17)11-8-13-5-6-14(9-11)20(13,18)19/h1-4,11,13-14H,5-9H2. The van der Waals surface area contributed by atoms with Crippen LogP contribution < -0.4 is 0 Å². The number of rotatable bonds is 3. The van der Waals surface area contributed by atoms with Crippen molar-refractivity contribution >= 4 is 15.6 Å². The van der Waals surface area contributed by atoms with Crippen molar-refractivity contribution in [3.05, 3.63) is 35.6 Å². The fourth-order valence-electron chi connectivity index (χ4n) is 3.42. The minimum absolute atomic E-state index is 0.0865. The molecule has 20 heavy (non-hydrogen) atoms. The third kappa shape index (κ3) is 2.39. The zero-order valence-electron chi connectivity index (χ0n) is 11.1. The predicted octanol–water partition coefficient (Wildman–Crippen LogP) is 2.29. The second-order valence-corrected chi connectivity index (χ2v) is 8.36. The maximum Gasteiger partial charge on any atom is 0.156 e. The van der Waals surface area contributed by atoms with Crippen molar-refractivity contribution in [1.82, 2.24) is 0 Å². The Balaban J connectivity index is 1.69. The van der Waals surface area contributed by atoms with Gasteiger partial charge in [0, 0.05) is 12.3 Å². The monoisotopic (exact) mass is 296 g/mol. The second-order valence-electron chi connectivity index (χ2n) is 5.85. The lowest BCUT2D eigenvalue weighted by Gasteiger charge is -2.26. The van der Waals surface area contributed by atoms with Crippen LogP contribution in [0, 0.1) is 11.7 Å². The molecule has 108 valence electrons. The Morgan fingerprint density at radius 2 is 1.65 bits per heavy atom. The summed E-state index contributed by atoms with van der Waals surface area (Å²) in [5.41, 5.74) is 0.789. The van der Waals surface area contributed by atoms with E-state index in [0.717, 1.165) is 5.56 Å². The summed E-state index contributed by atoms with van der Waals surface area (Å²) in [4.78, 5) is 12.3. The third-order valence-corrected chi connectivity index (χ3v) is 7.30. The number of halogens is 1. The molecule has 1 aromatic carbocycles. The van der Waals surface area contributed by atoms with Crippen molar-refractivity contribution in [3.8, 4) is 0 Å². The first-order valence-electron chi connectivity index (χ1n) is 6.96. The van der Waals surface area contributed by atoms with E-state index in [0.29, 0.717) is 25.7 Å². The third-order valence-electron chi connectivity index (χ3n) is 4.58. The highest BCUT2D eigenvalue weighted by atomic mass is 32.2. The van der Waals surface area contributed by atoms with Crippen molar-refractivity contribution in [2.45, 2.75) is 42.6 Å². The van der Waals surface area contributed by atoms with Gasteiger partial charge in [0.25, 0.3) is 0 Å².